The van der Waals surface area contributed by atoms with Gasteiger partial charge in [-0.2, -0.15) is 0 Å². The number of nitrogens with one attached hydrogen (secondary N) is 2. The summed E-state index contributed by atoms with van der Waals surface area (Å²) in [5.41, 5.74) is 5.31. The van der Waals surface area contributed by atoms with E-state index in [-0.39, 0.29) is 18.7 Å². The highest BCUT2D eigenvalue weighted by atomic mass is 16.4. The first-order valence-electron chi connectivity index (χ1n) is 6.05. The monoisotopic (exact) mass is 289 g/mol. The van der Waals surface area contributed by atoms with Crippen LogP contribution < -0.4 is 16.4 Å². The van der Waals surface area contributed by atoms with Gasteiger partial charge in [0, 0.05) is 13.0 Å². The Labute approximate surface area is 115 Å². The summed E-state index contributed by atoms with van der Waals surface area (Å²) in [7, 11) is 0. The number of hydrogen-bond acceptors (Lipinski definition) is 5. The molecular weight excluding hydrogens is 270 g/mol. The van der Waals surface area contributed by atoms with Gasteiger partial charge in [-0.3, -0.25) is 14.4 Å². The van der Waals surface area contributed by atoms with Gasteiger partial charge in [0.15, 0.2) is 0 Å². The molecule has 0 heterocycles. The number of amides is 2. The summed E-state index contributed by atoms with van der Waals surface area (Å²) in [4.78, 5) is 44.1. The van der Waals surface area contributed by atoms with E-state index in [0.29, 0.717) is 6.54 Å². The van der Waals surface area contributed by atoms with Crippen LogP contribution in [-0.2, 0) is 19.2 Å². The number of aliphatic carboxylic acids is 2. The largest absolute Gasteiger partial charge is 0.481 e. The van der Waals surface area contributed by atoms with Gasteiger partial charge in [-0.15, -0.1) is 0 Å². The van der Waals surface area contributed by atoms with E-state index in [4.69, 9.17) is 15.9 Å². The van der Waals surface area contributed by atoms with Gasteiger partial charge >= 0.3 is 11.9 Å². The molecule has 0 saturated heterocycles. The Kier molecular flexibility index (Phi) is 7.90. The summed E-state index contributed by atoms with van der Waals surface area (Å²) >= 11 is 0. The predicted molar refractivity (Wildman–Crippen MR) is 67.7 cm³/mol. The number of carbonyl (C=O) groups excluding carboxylic acids is 2. The van der Waals surface area contributed by atoms with Crippen LogP contribution >= 0.6 is 0 Å². The van der Waals surface area contributed by atoms with Gasteiger partial charge in [0.05, 0.1) is 12.5 Å². The fourth-order valence-corrected chi connectivity index (χ4v) is 1.38. The highest BCUT2D eigenvalue weighted by molar-refractivity contribution is 5.89. The van der Waals surface area contributed by atoms with Crippen molar-refractivity contribution in [3.8, 4) is 0 Å². The summed E-state index contributed by atoms with van der Waals surface area (Å²) < 4.78 is 0. The highest BCUT2D eigenvalue weighted by Crippen LogP contribution is 2.00. The molecule has 2 amide bonds. The smallest absolute Gasteiger partial charge is 0.326 e. The molecule has 2 atom stereocenters. The molecule has 114 valence electrons. The molecule has 0 aliphatic carbocycles. The summed E-state index contributed by atoms with van der Waals surface area (Å²) in [6.45, 7) is 2.14. The quantitative estimate of drug-likeness (QED) is 0.337. The number of carboxylic acid groups (broad SMARTS) is 2. The maximum atomic E-state index is 11.5. The van der Waals surface area contributed by atoms with Gasteiger partial charge in [-0.1, -0.05) is 0 Å². The minimum atomic E-state index is -1.33. The van der Waals surface area contributed by atoms with Gasteiger partial charge in [-0.25, -0.2) is 4.79 Å². The Bertz CT molecular complexity index is 384. The van der Waals surface area contributed by atoms with Gasteiger partial charge in [0.1, 0.15) is 6.04 Å². The van der Waals surface area contributed by atoms with E-state index in [1.165, 1.54) is 0 Å². The second-order valence-corrected chi connectivity index (χ2v) is 4.10. The third kappa shape index (κ3) is 7.31. The maximum absolute atomic E-state index is 11.5. The van der Waals surface area contributed by atoms with E-state index in [1.54, 1.807) is 6.92 Å². The van der Waals surface area contributed by atoms with Gasteiger partial charge in [0.25, 0.3) is 0 Å². The van der Waals surface area contributed by atoms with Crippen molar-refractivity contribution in [2.45, 2.75) is 38.3 Å². The van der Waals surface area contributed by atoms with Crippen LogP contribution in [0, 0.1) is 0 Å². The number of hydrogen-bond donors (Lipinski definition) is 5. The van der Waals surface area contributed by atoms with Crippen LogP contribution in [0.15, 0.2) is 0 Å². The lowest BCUT2D eigenvalue weighted by molar-refractivity contribution is -0.143. The van der Waals surface area contributed by atoms with Crippen LogP contribution in [0.2, 0.25) is 0 Å². The summed E-state index contributed by atoms with van der Waals surface area (Å²) in [5, 5.41) is 22.0. The van der Waals surface area contributed by atoms with E-state index in [9.17, 15) is 19.2 Å². The zero-order valence-electron chi connectivity index (χ0n) is 11.1. The molecule has 0 aliphatic heterocycles. The van der Waals surface area contributed by atoms with Gasteiger partial charge < -0.3 is 26.6 Å². The summed E-state index contributed by atoms with van der Waals surface area (Å²) in [6, 6.07) is -2.62. The van der Waals surface area contributed by atoms with Crippen LogP contribution in [0.1, 0.15) is 26.2 Å². The maximum Gasteiger partial charge on any atom is 0.326 e. The Balaban J connectivity index is 4.40. The topological polar surface area (TPSA) is 159 Å². The molecule has 0 bridgehead atoms. The van der Waals surface area contributed by atoms with Crippen LogP contribution in [0.4, 0.5) is 0 Å². The predicted octanol–water partition coefficient (Wildman–Crippen LogP) is -1.73. The lowest BCUT2D eigenvalue weighted by Gasteiger charge is -2.16. The number of nitrogens with two attached hydrogens (primary N) is 1. The Morgan fingerprint density at radius 2 is 1.80 bits per heavy atom. The molecule has 0 spiro atoms. The zero-order valence-corrected chi connectivity index (χ0v) is 11.1. The van der Waals surface area contributed by atoms with Crippen LogP contribution in [-0.4, -0.2) is 52.6 Å². The molecule has 0 saturated carbocycles. The minimum Gasteiger partial charge on any atom is -0.481 e. The zero-order chi connectivity index (χ0) is 15.7. The number of carboxylic acids is 2. The number of carbonyl (C=O) groups is 4. The molecule has 9 heteroatoms. The van der Waals surface area contributed by atoms with E-state index in [2.05, 4.69) is 10.6 Å². The van der Waals surface area contributed by atoms with Crippen molar-refractivity contribution in [1.29, 1.82) is 0 Å². The molecule has 0 rings (SSSR count). The fraction of sp³-hybridized carbons (Fsp3) is 0.636. The lowest BCUT2D eigenvalue weighted by Crippen LogP contribution is -2.49. The van der Waals surface area contributed by atoms with Crippen molar-refractivity contribution in [2.24, 2.45) is 5.73 Å². The molecule has 0 aliphatic rings. The molecule has 0 aromatic carbocycles. The highest BCUT2D eigenvalue weighted by Gasteiger charge is 2.24. The van der Waals surface area contributed by atoms with Crippen molar-refractivity contribution in [2.75, 3.05) is 6.54 Å². The molecule has 9 nitrogen and oxygen atoms in total. The first-order chi connectivity index (χ1) is 9.27. The second-order valence-electron chi connectivity index (χ2n) is 4.10. The van der Waals surface area contributed by atoms with Crippen molar-refractivity contribution in [3.63, 3.8) is 0 Å². The number of rotatable bonds is 9. The first kappa shape index (κ1) is 17.8. The Hall–Kier alpha value is -2.16. The molecule has 20 heavy (non-hydrogen) atoms. The fourth-order valence-electron chi connectivity index (χ4n) is 1.38. The summed E-state index contributed by atoms with van der Waals surface area (Å²) in [6.07, 6.45) is -0.777. The SMILES string of the molecule is CCNC(=O)CC[C@H](NC(=O)[C@@H](N)CC(=O)O)C(=O)O. The third-order valence-corrected chi connectivity index (χ3v) is 2.38. The third-order valence-electron chi connectivity index (χ3n) is 2.38. The Morgan fingerprint density at radius 3 is 2.25 bits per heavy atom. The molecule has 0 unspecified atom stereocenters. The van der Waals surface area contributed by atoms with Crippen LogP contribution in [0.5, 0.6) is 0 Å². The molecule has 6 N–H and O–H groups in total. The first-order valence-corrected chi connectivity index (χ1v) is 6.05. The van der Waals surface area contributed by atoms with Crippen molar-refractivity contribution in [3.05, 3.63) is 0 Å². The lowest BCUT2D eigenvalue weighted by atomic mass is 10.1. The standard InChI is InChI=1S/C11H19N3O6/c1-2-13-8(15)4-3-7(11(19)20)14-10(18)6(12)5-9(16)17/h6-7H,2-5,12H2,1H3,(H,13,15)(H,14,18)(H,16,17)(H,19,20)/t6-,7-/m0/s1. The van der Waals surface area contributed by atoms with Gasteiger partial charge in [0.2, 0.25) is 11.8 Å². The molecule has 0 aromatic heterocycles. The van der Waals surface area contributed by atoms with Crippen molar-refractivity contribution < 1.29 is 29.4 Å². The second kappa shape index (κ2) is 8.86. The van der Waals surface area contributed by atoms with Crippen molar-refractivity contribution >= 4 is 23.8 Å². The average molecular weight is 289 g/mol. The molecule has 0 fully saturated rings. The molecule has 0 aromatic rings. The van der Waals surface area contributed by atoms with Gasteiger partial charge in [-0.05, 0) is 13.3 Å². The Morgan fingerprint density at radius 1 is 1.20 bits per heavy atom. The molecule has 0 radical (unpaired) electrons. The van der Waals surface area contributed by atoms with E-state index < -0.39 is 36.4 Å². The van der Waals surface area contributed by atoms with E-state index >= 15 is 0 Å². The molecular formula is C11H19N3O6. The van der Waals surface area contributed by atoms with Crippen molar-refractivity contribution in [1.82, 2.24) is 10.6 Å². The van der Waals surface area contributed by atoms with E-state index in [1.807, 2.05) is 0 Å². The van der Waals surface area contributed by atoms with Crippen LogP contribution in [0.3, 0.4) is 0 Å². The summed E-state index contributed by atoms with van der Waals surface area (Å²) in [5.74, 6) is -3.79. The average Bonchev–Trinajstić information content (AvgIpc) is 2.33. The normalized spacial score (nSPS) is 13.1. The van der Waals surface area contributed by atoms with Crippen LogP contribution in [0.25, 0.3) is 0 Å². The van der Waals surface area contributed by atoms with E-state index in [0.717, 1.165) is 0 Å². The minimum absolute atomic E-state index is 0.0702.